The third-order valence-corrected chi connectivity index (χ3v) is 3.52. The van der Waals surface area contributed by atoms with E-state index in [0.717, 1.165) is 37.6 Å². The van der Waals surface area contributed by atoms with Crippen molar-refractivity contribution in [2.45, 2.75) is 32.9 Å². The van der Waals surface area contributed by atoms with Crippen molar-refractivity contribution in [3.8, 4) is 0 Å². The number of nitrogens with one attached hydrogen (secondary N) is 1. The smallest absolute Gasteiger partial charge is 0.141 e. The van der Waals surface area contributed by atoms with E-state index in [2.05, 4.69) is 47.9 Å². The Morgan fingerprint density at radius 1 is 1.25 bits per heavy atom. The fraction of sp³-hybridized carbons (Fsp3) is 0.667. The first kappa shape index (κ1) is 15.2. The van der Waals surface area contributed by atoms with E-state index in [9.17, 15) is 4.39 Å². The van der Waals surface area contributed by atoms with Gasteiger partial charge in [-0.3, -0.25) is 0 Å². The minimum absolute atomic E-state index is 0.00566. The van der Waals surface area contributed by atoms with Crippen LogP contribution in [0.15, 0.2) is 12.3 Å². The molecule has 2 rings (SSSR count). The van der Waals surface area contributed by atoms with Gasteiger partial charge in [0, 0.05) is 43.8 Å². The topological polar surface area (TPSA) is 31.4 Å². The van der Waals surface area contributed by atoms with Crippen LogP contribution in [0.4, 0.5) is 10.2 Å². The number of aromatic nitrogens is 1. The summed E-state index contributed by atoms with van der Waals surface area (Å²) >= 11 is 0. The zero-order valence-electron chi connectivity index (χ0n) is 12.9. The van der Waals surface area contributed by atoms with Crippen LogP contribution in [0.25, 0.3) is 0 Å². The van der Waals surface area contributed by atoms with Crippen LogP contribution in [0.1, 0.15) is 26.3 Å². The molecule has 1 fully saturated rings. The number of hydrogen-bond donors (Lipinski definition) is 1. The zero-order chi connectivity index (χ0) is 14.8. The van der Waals surface area contributed by atoms with Crippen molar-refractivity contribution in [1.29, 1.82) is 0 Å². The average molecular weight is 280 g/mol. The number of pyridine rings is 1. The molecule has 2 heterocycles. The van der Waals surface area contributed by atoms with E-state index in [-0.39, 0.29) is 11.4 Å². The summed E-state index contributed by atoms with van der Waals surface area (Å²) in [5.41, 5.74) is 0.940. The Balaban J connectivity index is 2.15. The van der Waals surface area contributed by atoms with Gasteiger partial charge < -0.3 is 15.1 Å². The maximum absolute atomic E-state index is 13.5. The monoisotopic (exact) mass is 280 g/mol. The maximum Gasteiger partial charge on any atom is 0.141 e. The average Bonchev–Trinajstić information content (AvgIpc) is 2.37. The Bertz CT molecular complexity index is 448. The van der Waals surface area contributed by atoms with Crippen LogP contribution in [0, 0.1) is 5.82 Å². The molecule has 1 aromatic rings. The second-order valence-electron chi connectivity index (χ2n) is 6.53. The summed E-state index contributed by atoms with van der Waals surface area (Å²) in [5, 5.41) is 3.41. The molecule has 0 bridgehead atoms. The Morgan fingerprint density at radius 2 is 1.90 bits per heavy atom. The summed E-state index contributed by atoms with van der Waals surface area (Å²) in [6.45, 7) is 10.9. The van der Waals surface area contributed by atoms with Crippen LogP contribution in [0.2, 0.25) is 0 Å². The van der Waals surface area contributed by atoms with E-state index in [1.807, 2.05) is 0 Å². The van der Waals surface area contributed by atoms with E-state index in [0.29, 0.717) is 6.54 Å². The highest BCUT2D eigenvalue weighted by Gasteiger charge is 2.19. The van der Waals surface area contributed by atoms with Gasteiger partial charge in [-0.2, -0.15) is 0 Å². The highest BCUT2D eigenvalue weighted by molar-refractivity contribution is 5.47. The van der Waals surface area contributed by atoms with Crippen LogP contribution in [-0.4, -0.2) is 48.6 Å². The lowest BCUT2D eigenvalue weighted by molar-refractivity contribution is 0.311. The minimum Gasteiger partial charge on any atom is -0.354 e. The minimum atomic E-state index is -0.270. The van der Waals surface area contributed by atoms with Crippen molar-refractivity contribution in [1.82, 2.24) is 15.2 Å². The van der Waals surface area contributed by atoms with Crippen LogP contribution in [0.3, 0.4) is 0 Å². The van der Waals surface area contributed by atoms with Gasteiger partial charge in [0.05, 0.1) is 6.20 Å². The molecule has 0 amide bonds. The molecular weight excluding hydrogens is 255 g/mol. The van der Waals surface area contributed by atoms with E-state index in [1.54, 1.807) is 6.07 Å². The van der Waals surface area contributed by atoms with Gasteiger partial charge in [0.1, 0.15) is 11.6 Å². The normalized spacial score (nSPS) is 17.6. The Morgan fingerprint density at radius 3 is 2.50 bits per heavy atom. The summed E-state index contributed by atoms with van der Waals surface area (Å²) in [5.74, 6) is 0.643. The Labute approximate surface area is 121 Å². The van der Waals surface area contributed by atoms with Crippen molar-refractivity contribution in [3.63, 3.8) is 0 Å². The second-order valence-corrected chi connectivity index (χ2v) is 6.53. The molecular formula is C15H25FN4. The van der Waals surface area contributed by atoms with Crippen molar-refractivity contribution in [2.24, 2.45) is 0 Å². The van der Waals surface area contributed by atoms with Gasteiger partial charge >= 0.3 is 0 Å². The SMILES string of the molecule is CN1CCN(c2ncc(F)cc2CNC(C)(C)C)CC1. The van der Waals surface area contributed by atoms with Crippen molar-refractivity contribution < 1.29 is 4.39 Å². The summed E-state index contributed by atoms with van der Waals surface area (Å²) in [4.78, 5) is 8.87. The number of likely N-dealkylation sites (N-methyl/N-ethyl adjacent to an activating group) is 1. The molecule has 0 radical (unpaired) electrons. The maximum atomic E-state index is 13.5. The number of hydrogen-bond acceptors (Lipinski definition) is 4. The van der Waals surface area contributed by atoms with Crippen LogP contribution in [0.5, 0.6) is 0 Å². The standard InChI is InChI=1S/C15H25FN4/c1-15(2,3)18-10-12-9-13(16)11-17-14(12)20-7-5-19(4)6-8-20/h9,11,18H,5-8,10H2,1-4H3. The summed E-state index contributed by atoms with van der Waals surface area (Å²) in [6.07, 6.45) is 1.31. The molecule has 0 aromatic carbocycles. The molecule has 112 valence electrons. The molecule has 0 spiro atoms. The second kappa shape index (κ2) is 6.06. The molecule has 5 heteroatoms. The Kier molecular flexibility index (Phi) is 4.60. The van der Waals surface area contributed by atoms with E-state index in [1.165, 1.54) is 6.20 Å². The highest BCUT2D eigenvalue weighted by atomic mass is 19.1. The van der Waals surface area contributed by atoms with E-state index < -0.39 is 0 Å². The van der Waals surface area contributed by atoms with Crippen LogP contribution >= 0.6 is 0 Å². The lowest BCUT2D eigenvalue weighted by atomic mass is 10.1. The number of halogens is 1. The van der Waals surface area contributed by atoms with E-state index >= 15 is 0 Å². The van der Waals surface area contributed by atoms with Crippen LogP contribution in [-0.2, 0) is 6.54 Å². The van der Waals surface area contributed by atoms with Crippen molar-refractivity contribution >= 4 is 5.82 Å². The molecule has 0 aliphatic carbocycles. The quantitative estimate of drug-likeness (QED) is 0.916. The number of piperazine rings is 1. The van der Waals surface area contributed by atoms with Gasteiger partial charge in [-0.1, -0.05) is 0 Å². The van der Waals surface area contributed by atoms with Gasteiger partial charge in [-0.15, -0.1) is 0 Å². The molecule has 0 saturated carbocycles. The van der Waals surface area contributed by atoms with Gasteiger partial charge in [-0.05, 0) is 33.9 Å². The zero-order valence-corrected chi connectivity index (χ0v) is 12.9. The first-order valence-electron chi connectivity index (χ1n) is 7.18. The molecule has 1 aliphatic rings. The summed E-state index contributed by atoms with van der Waals surface area (Å²) in [6, 6.07) is 1.60. The summed E-state index contributed by atoms with van der Waals surface area (Å²) in [7, 11) is 2.12. The number of rotatable bonds is 3. The predicted molar refractivity (Wildman–Crippen MR) is 80.5 cm³/mol. The molecule has 1 saturated heterocycles. The summed E-state index contributed by atoms with van der Waals surface area (Å²) < 4.78 is 13.5. The Hall–Kier alpha value is -1.20. The van der Waals surface area contributed by atoms with Crippen molar-refractivity contribution in [2.75, 3.05) is 38.1 Å². The molecule has 1 aliphatic heterocycles. The third kappa shape index (κ3) is 4.15. The van der Waals surface area contributed by atoms with Gasteiger partial charge in [0.15, 0.2) is 0 Å². The van der Waals surface area contributed by atoms with E-state index in [4.69, 9.17) is 0 Å². The van der Waals surface area contributed by atoms with Gasteiger partial charge in [0.25, 0.3) is 0 Å². The fourth-order valence-electron chi connectivity index (χ4n) is 2.27. The fourth-order valence-corrected chi connectivity index (χ4v) is 2.27. The molecule has 20 heavy (non-hydrogen) atoms. The molecule has 0 atom stereocenters. The predicted octanol–water partition coefficient (Wildman–Crippen LogP) is 1.86. The lowest BCUT2D eigenvalue weighted by Gasteiger charge is -2.34. The molecule has 1 aromatic heterocycles. The largest absolute Gasteiger partial charge is 0.354 e. The molecule has 4 nitrogen and oxygen atoms in total. The lowest BCUT2D eigenvalue weighted by Crippen LogP contribution is -2.45. The number of nitrogens with zero attached hydrogens (tertiary/aromatic N) is 3. The van der Waals surface area contributed by atoms with Gasteiger partial charge in [-0.25, -0.2) is 9.37 Å². The molecule has 1 N–H and O–H groups in total. The van der Waals surface area contributed by atoms with Gasteiger partial charge in [0.2, 0.25) is 0 Å². The van der Waals surface area contributed by atoms with Crippen molar-refractivity contribution in [3.05, 3.63) is 23.6 Å². The highest BCUT2D eigenvalue weighted by Crippen LogP contribution is 2.20. The third-order valence-electron chi connectivity index (χ3n) is 3.52. The first-order valence-corrected chi connectivity index (χ1v) is 7.18. The first-order chi connectivity index (χ1) is 9.35. The molecule has 0 unspecified atom stereocenters. The number of anilines is 1. The van der Waals surface area contributed by atoms with Crippen LogP contribution < -0.4 is 10.2 Å².